The van der Waals surface area contributed by atoms with E-state index in [2.05, 4.69) is 25.8 Å². The Labute approximate surface area is 365 Å². The van der Waals surface area contributed by atoms with Crippen molar-refractivity contribution in [2.75, 3.05) is 147 Å². The Morgan fingerprint density at radius 2 is 1.16 bits per heavy atom. The Morgan fingerprint density at radius 1 is 0.661 bits per heavy atom. The number of aryl methyl sites for hydroxylation is 2. The Morgan fingerprint density at radius 3 is 1.66 bits per heavy atom. The molecule has 1 heterocycles. The molecule has 62 heavy (non-hydrogen) atoms. The topological polar surface area (TPSA) is 202 Å². The van der Waals surface area contributed by atoms with Crippen molar-refractivity contribution in [3.8, 4) is 28.6 Å². The predicted molar refractivity (Wildman–Crippen MR) is 237 cm³/mol. The van der Waals surface area contributed by atoms with Crippen molar-refractivity contribution < 1.29 is 52.2 Å². The van der Waals surface area contributed by atoms with Crippen LogP contribution in [-0.4, -0.2) is 174 Å². The van der Waals surface area contributed by atoms with Crippen molar-refractivity contribution in [3.05, 3.63) is 45.7 Å². The molecule has 18 heteroatoms. The minimum atomic E-state index is -0.297. The third kappa shape index (κ3) is 20.6. The van der Waals surface area contributed by atoms with Gasteiger partial charge in [-0.2, -0.15) is 0 Å². The van der Waals surface area contributed by atoms with Crippen LogP contribution in [0.4, 0.5) is 0 Å². The van der Waals surface area contributed by atoms with E-state index in [0.717, 1.165) is 48.4 Å². The van der Waals surface area contributed by atoms with Crippen molar-refractivity contribution in [1.82, 2.24) is 30.8 Å². The maximum atomic E-state index is 13.0. The number of H-pyrrole nitrogens is 1. The molecular formula is C44H70N6O12. The number of hydrogen-bond acceptors (Lipinski definition) is 15. The lowest BCUT2D eigenvalue weighted by molar-refractivity contribution is -0.122. The summed E-state index contributed by atoms with van der Waals surface area (Å²) >= 11 is 0. The van der Waals surface area contributed by atoms with E-state index in [0.29, 0.717) is 147 Å². The van der Waals surface area contributed by atoms with Gasteiger partial charge in [0.05, 0.1) is 99.0 Å². The first-order valence-corrected chi connectivity index (χ1v) is 21.4. The van der Waals surface area contributed by atoms with Crippen molar-refractivity contribution in [3.63, 3.8) is 0 Å². The van der Waals surface area contributed by atoms with E-state index < -0.39 is 0 Å². The van der Waals surface area contributed by atoms with Gasteiger partial charge in [-0.25, -0.2) is 4.98 Å². The molecule has 0 unspecified atom stereocenters. The van der Waals surface area contributed by atoms with Crippen molar-refractivity contribution >= 4 is 22.7 Å². The number of rotatable bonds is 36. The van der Waals surface area contributed by atoms with Gasteiger partial charge >= 0.3 is 0 Å². The lowest BCUT2D eigenvalue weighted by atomic mass is 10.0. The number of aromatic amines is 1. The van der Waals surface area contributed by atoms with Crippen LogP contribution in [0.25, 0.3) is 22.3 Å². The van der Waals surface area contributed by atoms with E-state index >= 15 is 0 Å². The van der Waals surface area contributed by atoms with Crippen LogP contribution in [0.1, 0.15) is 36.8 Å². The molecule has 1 aromatic heterocycles. The summed E-state index contributed by atoms with van der Waals surface area (Å²) in [5.41, 5.74) is 2.76. The average molecular weight is 875 g/mol. The molecule has 3 rings (SSSR count). The van der Waals surface area contributed by atoms with Crippen LogP contribution >= 0.6 is 0 Å². The van der Waals surface area contributed by atoms with Gasteiger partial charge < -0.3 is 68.5 Å². The lowest BCUT2D eigenvalue weighted by Crippen LogP contribution is -2.31. The van der Waals surface area contributed by atoms with Crippen LogP contribution in [0.5, 0.6) is 17.2 Å². The standard InChI is InChI=1S/C44H70N6O12/c1-33-29-35(43-48-37-31-36(54-5)32-38(55-6)41(37)44(53)49-43)30-34(2)42(33)62-28-27-61-26-25-60-24-23-59-22-21-58-20-19-57-18-17-56-16-10-40(52)47-12-8-15-50(4)14-7-11-46-39(51)9-13-45-3/h29-32,45H,7-28H2,1-6H3,(H,46,51)(H,47,52)(H,48,49,53). The van der Waals surface area contributed by atoms with Crippen molar-refractivity contribution in [2.45, 2.75) is 39.5 Å². The summed E-state index contributed by atoms with van der Waals surface area (Å²) in [5, 5.41) is 9.17. The van der Waals surface area contributed by atoms with E-state index in [1.54, 1.807) is 19.2 Å². The minimum absolute atomic E-state index is 0.0271. The molecule has 4 N–H and O–H groups in total. The number of fused-ring (bicyclic) bond motifs is 1. The SMILES string of the molecule is CNCCC(=O)NCCCN(C)CCCNC(=O)CCOCCOCCOCCOCCOCCOCCOc1c(C)cc(-c2nc3cc(OC)cc(OC)c3c(=O)[nH]2)cc1C. The maximum absolute atomic E-state index is 13.0. The molecule has 3 aromatic rings. The van der Waals surface area contributed by atoms with Gasteiger partial charge in [-0.15, -0.1) is 0 Å². The summed E-state index contributed by atoms with van der Waals surface area (Å²) in [6, 6.07) is 7.23. The third-order valence-corrected chi connectivity index (χ3v) is 9.42. The summed E-state index contributed by atoms with van der Waals surface area (Å²) in [7, 11) is 6.93. The Hall–Kier alpha value is -4.40. The van der Waals surface area contributed by atoms with Crippen LogP contribution in [0, 0.1) is 13.8 Å². The number of ether oxygens (including phenoxy) is 9. The van der Waals surface area contributed by atoms with Gasteiger partial charge in [-0.3, -0.25) is 14.4 Å². The average Bonchev–Trinajstić information content (AvgIpc) is 3.26. The number of benzene rings is 2. The zero-order chi connectivity index (χ0) is 44.8. The van der Waals surface area contributed by atoms with Gasteiger partial charge in [-0.1, -0.05) is 0 Å². The molecule has 2 aromatic carbocycles. The van der Waals surface area contributed by atoms with Gasteiger partial charge in [0.25, 0.3) is 5.56 Å². The molecule has 2 amide bonds. The first-order valence-electron chi connectivity index (χ1n) is 21.4. The predicted octanol–water partition coefficient (Wildman–Crippen LogP) is 2.65. The molecule has 0 aliphatic carbocycles. The van der Waals surface area contributed by atoms with E-state index in [-0.39, 0.29) is 17.4 Å². The van der Waals surface area contributed by atoms with Crippen LogP contribution in [0.2, 0.25) is 0 Å². The maximum Gasteiger partial charge on any atom is 0.262 e. The number of carbonyl (C=O) groups excluding carboxylic acids is 2. The smallest absolute Gasteiger partial charge is 0.262 e. The molecule has 0 aliphatic heterocycles. The number of nitrogens with zero attached hydrogens (tertiary/aromatic N) is 2. The Kier molecular flexibility index (Phi) is 26.3. The molecule has 0 spiro atoms. The second-order valence-electron chi connectivity index (χ2n) is 14.4. The van der Waals surface area contributed by atoms with E-state index in [1.165, 1.54) is 7.11 Å². The number of methoxy groups -OCH3 is 2. The normalized spacial score (nSPS) is 11.3. The summed E-state index contributed by atoms with van der Waals surface area (Å²) in [6.45, 7) is 13.2. The first-order chi connectivity index (χ1) is 30.2. The van der Waals surface area contributed by atoms with Gasteiger partial charge in [0.2, 0.25) is 11.8 Å². The van der Waals surface area contributed by atoms with Crippen LogP contribution in [-0.2, 0) is 38.0 Å². The molecule has 348 valence electrons. The molecule has 0 bridgehead atoms. The van der Waals surface area contributed by atoms with Gasteiger partial charge in [0, 0.05) is 50.2 Å². The highest BCUT2D eigenvalue weighted by atomic mass is 16.6. The first kappa shape index (κ1) is 51.9. The molecule has 18 nitrogen and oxygen atoms in total. The highest BCUT2D eigenvalue weighted by molar-refractivity contribution is 5.87. The minimum Gasteiger partial charge on any atom is -0.497 e. The fraction of sp³-hybridized carbons (Fsp3) is 0.636. The molecular weight excluding hydrogens is 805 g/mol. The van der Waals surface area contributed by atoms with Crippen LogP contribution in [0.15, 0.2) is 29.1 Å². The summed E-state index contributed by atoms with van der Waals surface area (Å²) < 4.78 is 50.1. The lowest BCUT2D eigenvalue weighted by Gasteiger charge is -2.16. The van der Waals surface area contributed by atoms with E-state index in [1.807, 2.05) is 40.1 Å². The number of hydrogen-bond donors (Lipinski definition) is 4. The highest BCUT2D eigenvalue weighted by Gasteiger charge is 2.15. The molecule has 0 saturated heterocycles. The molecule has 0 radical (unpaired) electrons. The zero-order valence-corrected chi connectivity index (χ0v) is 37.7. The second-order valence-corrected chi connectivity index (χ2v) is 14.4. The molecule has 0 atom stereocenters. The fourth-order valence-electron chi connectivity index (χ4n) is 6.19. The number of amides is 2. The largest absolute Gasteiger partial charge is 0.497 e. The van der Waals surface area contributed by atoms with Crippen LogP contribution in [0.3, 0.4) is 0 Å². The zero-order valence-electron chi connectivity index (χ0n) is 37.7. The quantitative estimate of drug-likeness (QED) is 0.0621. The molecule has 0 aliphatic rings. The third-order valence-electron chi connectivity index (χ3n) is 9.42. The van der Waals surface area contributed by atoms with Crippen LogP contribution < -0.4 is 35.7 Å². The van der Waals surface area contributed by atoms with Gasteiger partial charge in [-0.05, 0) is 77.1 Å². The molecule has 0 saturated carbocycles. The van der Waals surface area contributed by atoms with E-state index in [4.69, 9.17) is 47.6 Å². The second kappa shape index (κ2) is 31.4. The fourth-order valence-corrected chi connectivity index (χ4v) is 6.19. The Bertz CT molecular complexity index is 1770. The summed E-state index contributed by atoms with van der Waals surface area (Å²) in [6.07, 6.45) is 2.55. The van der Waals surface area contributed by atoms with Crippen molar-refractivity contribution in [2.24, 2.45) is 0 Å². The summed E-state index contributed by atoms with van der Waals surface area (Å²) in [4.78, 5) is 46.4. The summed E-state index contributed by atoms with van der Waals surface area (Å²) in [5.74, 6) is 2.18. The number of carbonyl (C=O) groups is 2. The van der Waals surface area contributed by atoms with E-state index in [9.17, 15) is 14.4 Å². The van der Waals surface area contributed by atoms with Crippen molar-refractivity contribution in [1.29, 1.82) is 0 Å². The number of aromatic nitrogens is 2. The van der Waals surface area contributed by atoms with Gasteiger partial charge in [0.1, 0.15) is 35.1 Å². The van der Waals surface area contributed by atoms with Gasteiger partial charge in [0.15, 0.2) is 0 Å². The highest BCUT2D eigenvalue weighted by Crippen LogP contribution is 2.31. The molecule has 0 fully saturated rings. The monoisotopic (exact) mass is 875 g/mol. The Balaban J connectivity index is 1.08. The number of nitrogens with one attached hydrogen (secondary N) is 4.